The maximum absolute atomic E-state index is 12.5. The number of hydrogen-bond donors (Lipinski definition) is 2. The summed E-state index contributed by atoms with van der Waals surface area (Å²) in [6, 6.07) is 8.71. The third-order valence-electron chi connectivity index (χ3n) is 3.10. The van der Waals surface area contributed by atoms with Gasteiger partial charge in [0.15, 0.2) is 0 Å². The van der Waals surface area contributed by atoms with Crippen LogP contribution in [0, 0.1) is 0 Å². The van der Waals surface area contributed by atoms with Gasteiger partial charge in [0.25, 0.3) is 5.91 Å². The highest BCUT2D eigenvalue weighted by Crippen LogP contribution is 2.29. The minimum atomic E-state index is -0.326. The maximum Gasteiger partial charge on any atom is 0.263 e. The Morgan fingerprint density at radius 2 is 1.91 bits per heavy atom. The lowest BCUT2D eigenvalue weighted by atomic mass is 10.1. The number of anilines is 2. The molecule has 0 spiro atoms. The Bertz CT molecular complexity index is 662. The smallest absolute Gasteiger partial charge is 0.263 e. The summed E-state index contributed by atoms with van der Waals surface area (Å²) in [6.45, 7) is 4.25. The first-order valence-corrected chi connectivity index (χ1v) is 7.02. The lowest BCUT2D eigenvalue weighted by Gasteiger charge is -2.13. The largest absolute Gasteiger partial charge is 0.496 e. The number of aromatic nitrogens is 1. The van der Waals surface area contributed by atoms with E-state index >= 15 is 0 Å². The normalized spacial score (nSPS) is 9.83. The van der Waals surface area contributed by atoms with E-state index in [9.17, 15) is 4.79 Å². The molecule has 0 bridgehead atoms. The fourth-order valence-corrected chi connectivity index (χ4v) is 2.02. The lowest BCUT2D eigenvalue weighted by molar-refractivity contribution is 0.102. The Morgan fingerprint density at radius 3 is 2.43 bits per heavy atom. The molecule has 2 N–H and O–H groups in total. The van der Waals surface area contributed by atoms with Crippen LogP contribution in [0.3, 0.4) is 0 Å². The molecule has 6 heteroatoms. The number of nitrogens with one attached hydrogen (secondary N) is 2. The molecule has 0 radical (unpaired) electrons. The molecule has 0 aliphatic rings. The number of nitrogens with zero attached hydrogens (tertiary/aromatic N) is 1. The molecular weight excluding hydrogens is 294 g/mol. The van der Waals surface area contributed by atoms with Crippen LogP contribution in [0.4, 0.5) is 11.5 Å². The van der Waals surface area contributed by atoms with Gasteiger partial charge in [-0.1, -0.05) is 12.1 Å². The molecule has 2 aromatic rings. The second-order valence-corrected chi connectivity index (χ2v) is 4.59. The van der Waals surface area contributed by atoms with Gasteiger partial charge in [-0.05, 0) is 24.3 Å². The van der Waals surface area contributed by atoms with Crippen LogP contribution in [0.5, 0.6) is 11.5 Å². The zero-order chi connectivity index (χ0) is 16.7. The van der Waals surface area contributed by atoms with Gasteiger partial charge in [0.05, 0.1) is 26.1 Å². The van der Waals surface area contributed by atoms with Crippen molar-refractivity contribution in [2.75, 3.05) is 31.4 Å². The van der Waals surface area contributed by atoms with Crippen molar-refractivity contribution in [3.05, 3.63) is 54.7 Å². The van der Waals surface area contributed by atoms with Crippen molar-refractivity contribution in [1.82, 2.24) is 4.98 Å². The quantitative estimate of drug-likeness (QED) is 0.769. The third kappa shape index (κ3) is 4.00. The molecule has 1 aromatic heterocycles. The van der Waals surface area contributed by atoms with Crippen LogP contribution >= 0.6 is 0 Å². The number of hydrogen-bond acceptors (Lipinski definition) is 5. The van der Waals surface area contributed by atoms with E-state index in [0.717, 1.165) is 0 Å². The summed E-state index contributed by atoms with van der Waals surface area (Å²) in [7, 11) is 3.01. The van der Waals surface area contributed by atoms with Crippen LogP contribution in [-0.2, 0) is 0 Å². The van der Waals surface area contributed by atoms with Crippen LogP contribution in [0.15, 0.2) is 49.2 Å². The standard InChI is InChI=1S/C17H19N3O3/c1-4-10-18-15-9-8-12(11-19-15)20-17(21)16-13(22-2)6-5-7-14(16)23-3/h4-9,11H,1,10H2,2-3H3,(H,18,19)(H,20,21). The fraction of sp³-hybridized carbons (Fsp3) is 0.176. The first kappa shape index (κ1) is 16.4. The average molecular weight is 313 g/mol. The van der Waals surface area contributed by atoms with Crippen molar-refractivity contribution in [3.8, 4) is 11.5 Å². The molecule has 0 aliphatic heterocycles. The Labute approximate surface area is 135 Å². The second kappa shape index (κ2) is 7.84. The van der Waals surface area contributed by atoms with E-state index in [2.05, 4.69) is 22.2 Å². The van der Waals surface area contributed by atoms with Gasteiger partial charge in [0.1, 0.15) is 22.9 Å². The van der Waals surface area contributed by atoms with Crippen molar-refractivity contribution >= 4 is 17.4 Å². The molecule has 2 rings (SSSR count). The van der Waals surface area contributed by atoms with Gasteiger partial charge < -0.3 is 20.1 Å². The lowest BCUT2D eigenvalue weighted by Crippen LogP contribution is -2.15. The second-order valence-electron chi connectivity index (χ2n) is 4.59. The number of amides is 1. The molecular formula is C17H19N3O3. The van der Waals surface area contributed by atoms with Gasteiger partial charge in [-0.2, -0.15) is 0 Å². The maximum atomic E-state index is 12.5. The van der Waals surface area contributed by atoms with Crippen LogP contribution in [0.2, 0.25) is 0 Å². The van der Waals surface area contributed by atoms with Crippen molar-refractivity contribution in [1.29, 1.82) is 0 Å². The molecule has 0 unspecified atom stereocenters. The van der Waals surface area contributed by atoms with Crippen LogP contribution < -0.4 is 20.1 Å². The highest BCUT2D eigenvalue weighted by molar-refractivity contribution is 6.08. The number of ether oxygens (including phenoxy) is 2. The molecule has 0 fully saturated rings. The average Bonchev–Trinajstić information content (AvgIpc) is 2.60. The first-order chi connectivity index (χ1) is 11.2. The monoisotopic (exact) mass is 313 g/mol. The van der Waals surface area contributed by atoms with E-state index in [1.165, 1.54) is 14.2 Å². The molecule has 1 amide bonds. The van der Waals surface area contributed by atoms with Crippen molar-refractivity contribution < 1.29 is 14.3 Å². The zero-order valence-electron chi connectivity index (χ0n) is 13.1. The van der Waals surface area contributed by atoms with Gasteiger partial charge >= 0.3 is 0 Å². The number of methoxy groups -OCH3 is 2. The molecule has 0 saturated heterocycles. The highest BCUT2D eigenvalue weighted by Gasteiger charge is 2.18. The van der Waals surface area contributed by atoms with Crippen molar-refractivity contribution in [3.63, 3.8) is 0 Å². The highest BCUT2D eigenvalue weighted by atomic mass is 16.5. The summed E-state index contributed by atoms with van der Waals surface area (Å²) >= 11 is 0. The molecule has 23 heavy (non-hydrogen) atoms. The molecule has 1 aromatic carbocycles. The van der Waals surface area contributed by atoms with E-state index in [4.69, 9.17) is 9.47 Å². The summed E-state index contributed by atoms with van der Waals surface area (Å²) in [6.07, 6.45) is 3.32. The van der Waals surface area contributed by atoms with Gasteiger partial charge in [-0.15, -0.1) is 6.58 Å². The SMILES string of the molecule is C=CCNc1ccc(NC(=O)c2c(OC)cccc2OC)cn1. The summed E-state index contributed by atoms with van der Waals surface area (Å²) < 4.78 is 10.5. The first-order valence-electron chi connectivity index (χ1n) is 7.02. The minimum absolute atomic E-state index is 0.326. The Morgan fingerprint density at radius 1 is 1.22 bits per heavy atom. The van der Waals surface area contributed by atoms with Gasteiger partial charge in [0, 0.05) is 6.54 Å². The van der Waals surface area contributed by atoms with Gasteiger partial charge in [-0.25, -0.2) is 4.98 Å². The van der Waals surface area contributed by atoms with Crippen molar-refractivity contribution in [2.45, 2.75) is 0 Å². The van der Waals surface area contributed by atoms with E-state index in [1.807, 2.05) is 0 Å². The van der Waals surface area contributed by atoms with Gasteiger partial charge in [0.2, 0.25) is 0 Å². The molecule has 120 valence electrons. The summed E-state index contributed by atoms with van der Waals surface area (Å²) in [5.41, 5.74) is 0.915. The number of carbonyl (C=O) groups is 1. The van der Waals surface area contributed by atoms with E-state index in [1.54, 1.807) is 42.6 Å². The Hall–Kier alpha value is -3.02. The predicted molar refractivity (Wildman–Crippen MR) is 90.4 cm³/mol. The molecule has 6 nitrogen and oxygen atoms in total. The van der Waals surface area contributed by atoms with Crippen LogP contribution in [-0.4, -0.2) is 31.7 Å². The molecule has 0 atom stereocenters. The van der Waals surface area contributed by atoms with E-state index in [0.29, 0.717) is 35.1 Å². The Balaban J connectivity index is 2.17. The number of benzene rings is 1. The van der Waals surface area contributed by atoms with Gasteiger partial charge in [-0.3, -0.25) is 4.79 Å². The number of pyridine rings is 1. The molecule has 0 saturated carbocycles. The number of rotatable bonds is 7. The topological polar surface area (TPSA) is 72.5 Å². The number of carbonyl (C=O) groups excluding carboxylic acids is 1. The summed E-state index contributed by atoms with van der Waals surface area (Å²) in [5.74, 6) is 1.27. The summed E-state index contributed by atoms with van der Waals surface area (Å²) in [5, 5.41) is 5.84. The van der Waals surface area contributed by atoms with Crippen LogP contribution in [0.25, 0.3) is 0 Å². The van der Waals surface area contributed by atoms with Crippen molar-refractivity contribution in [2.24, 2.45) is 0 Å². The molecule has 0 aliphatic carbocycles. The minimum Gasteiger partial charge on any atom is -0.496 e. The third-order valence-corrected chi connectivity index (χ3v) is 3.10. The van der Waals surface area contributed by atoms with E-state index < -0.39 is 0 Å². The summed E-state index contributed by atoms with van der Waals surface area (Å²) in [4.78, 5) is 16.7. The molecule has 1 heterocycles. The van der Waals surface area contributed by atoms with Crippen LogP contribution in [0.1, 0.15) is 10.4 Å². The van der Waals surface area contributed by atoms with E-state index in [-0.39, 0.29) is 5.91 Å². The fourth-order valence-electron chi connectivity index (χ4n) is 2.02. The Kier molecular flexibility index (Phi) is 5.57. The predicted octanol–water partition coefficient (Wildman–Crippen LogP) is 2.95. The zero-order valence-corrected chi connectivity index (χ0v) is 13.1.